The topological polar surface area (TPSA) is 58.6 Å². The molecule has 0 saturated carbocycles. The van der Waals surface area contributed by atoms with Crippen molar-refractivity contribution in [2.75, 3.05) is 37.7 Å². The molecule has 0 atom stereocenters. The van der Waals surface area contributed by atoms with Crippen LogP contribution in [0.3, 0.4) is 0 Å². The van der Waals surface area contributed by atoms with Crippen LogP contribution in [0.5, 0.6) is 5.75 Å². The zero-order chi connectivity index (χ0) is 22.3. The number of hydrogen-bond donors (Lipinski definition) is 0. The van der Waals surface area contributed by atoms with Gasteiger partial charge in [0, 0.05) is 49.3 Å². The Kier molecular flexibility index (Phi) is 7.22. The first-order chi connectivity index (χ1) is 15.6. The lowest BCUT2D eigenvalue weighted by molar-refractivity contribution is -0.131. The van der Waals surface area contributed by atoms with Crippen LogP contribution in [-0.4, -0.2) is 53.6 Å². The molecule has 1 saturated heterocycles. The van der Waals surface area contributed by atoms with E-state index in [9.17, 15) is 4.79 Å². The summed E-state index contributed by atoms with van der Waals surface area (Å²) in [5, 5.41) is 0.681. The number of carbonyl (C=O) groups excluding carboxylic acids is 1. The van der Waals surface area contributed by atoms with Crippen molar-refractivity contribution >= 4 is 23.3 Å². The van der Waals surface area contributed by atoms with Crippen LogP contribution >= 0.6 is 11.6 Å². The number of ether oxygens (including phenoxy) is 1. The van der Waals surface area contributed by atoms with Gasteiger partial charge in [-0.15, -0.1) is 0 Å². The average molecular weight is 451 g/mol. The molecule has 0 bridgehead atoms. The summed E-state index contributed by atoms with van der Waals surface area (Å²) in [4.78, 5) is 26.0. The van der Waals surface area contributed by atoms with Crippen molar-refractivity contribution in [3.8, 4) is 17.0 Å². The van der Waals surface area contributed by atoms with Gasteiger partial charge < -0.3 is 14.5 Å². The fourth-order valence-electron chi connectivity index (χ4n) is 3.76. The molecule has 4 rings (SSSR count). The quantitative estimate of drug-likeness (QED) is 0.492. The second-order valence-electron chi connectivity index (χ2n) is 7.80. The molecule has 2 aromatic carbocycles. The molecule has 7 heteroatoms. The zero-order valence-electron chi connectivity index (χ0n) is 18.2. The molecule has 1 amide bonds. The molecule has 32 heavy (non-hydrogen) atoms. The van der Waals surface area contributed by atoms with Crippen molar-refractivity contribution in [2.45, 2.75) is 19.8 Å². The number of halogens is 1. The Morgan fingerprint density at radius 1 is 1.00 bits per heavy atom. The highest BCUT2D eigenvalue weighted by atomic mass is 35.5. The number of hydrogen-bond acceptors (Lipinski definition) is 5. The number of carbonyl (C=O) groups is 1. The highest BCUT2D eigenvalue weighted by molar-refractivity contribution is 6.30. The lowest BCUT2D eigenvalue weighted by Crippen LogP contribution is -2.49. The maximum Gasteiger partial charge on any atom is 0.222 e. The van der Waals surface area contributed by atoms with Crippen LogP contribution in [0.1, 0.15) is 18.7 Å². The molecule has 1 fully saturated rings. The van der Waals surface area contributed by atoms with E-state index in [0.29, 0.717) is 37.6 Å². The van der Waals surface area contributed by atoms with Gasteiger partial charge in [-0.25, -0.2) is 9.97 Å². The van der Waals surface area contributed by atoms with E-state index >= 15 is 0 Å². The molecule has 1 aliphatic heterocycles. The summed E-state index contributed by atoms with van der Waals surface area (Å²) in [5.41, 5.74) is 2.00. The van der Waals surface area contributed by atoms with E-state index < -0.39 is 0 Å². The molecule has 166 valence electrons. The van der Waals surface area contributed by atoms with E-state index in [-0.39, 0.29) is 5.91 Å². The minimum absolute atomic E-state index is 0.174. The fourth-order valence-corrected chi connectivity index (χ4v) is 3.88. The second kappa shape index (κ2) is 10.5. The van der Waals surface area contributed by atoms with E-state index in [1.807, 2.05) is 48.2 Å². The summed E-state index contributed by atoms with van der Waals surface area (Å²) in [6, 6.07) is 19.4. The zero-order valence-corrected chi connectivity index (χ0v) is 19.0. The molecule has 2 heterocycles. The first-order valence-corrected chi connectivity index (χ1v) is 11.3. The predicted octanol–water partition coefficient (Wildman–Crippen LogP) is 4.61. The van der Waals surface area contributed by atoms with Crippen LogP contribution in [0.15, 0.2) is 60.7 Å². The van der Waals surface area contributed by atoms with Crippen molar-refractivity contribution in [2.24, 2.45) is 0 Å². The lowest BCUT2D eigenvalue weighted by atomic mass is 10.1. The second-order valence-corrected chi connectivity index (χ2v) is 8.23. The van der Waals surface area contributed by atoms with Crippen LogP contribution in [0.4, 0.5) is 5.82 Å². The number of amides is 1. The van der Waals surface area contributed by atoms with E-state index in [2.05, 4.69) is 27.0 Å². The van der Waals surface area contributed by atoms with Gasteiger partial charge in [0.1, 0.15) is 17.4 Å². The smallest absolute Gasteiger partial charge is 0.222 e. The van der Waals surface area contributed by atoms with E-state index in [4.69, 9.17) is 16.3 Å². The monoisotopic (exact) mass is 450 g/mol. The third-order valence-corrected chi connectivity index (χ3v) is 5.72. The molecule has 3 aromatic rings. The molecular weight excluding hydrogens is 424 g/mol. The van der Waals surface area contributed by atoms with Gasteiger partial charge in [-0.05, 0) is 37.6 Å². The fraction of sp³-hybridized carbons (Fsp3) is 0.320. The van der Waals surface area contributed by atoms with Crippen molar-refractivity contribution in [3.05, 3.63) is 71.5 Å². The highest BCUT2D eigenvalue weighted by Crippen LogP contribution is 2.23. The number of benzene rings is 2. The summed E-state index contributed by atoms with van der Waals surface area (Å²) in [6.45, 7) is 5.34. The molecule has 6 nitrogen and oxygen atoms in total. The summed E-state index contributed by atoms with van der Waals surface area (Å²) in [5.74, 6) is 2.61. The van der Waals surface area contributed by atoms with Crippen LogP contribution in [0, 0.1) is 6.92 Å². The van der Waals surface area contributed by atoms with Gasteiger partial charge in [0.2, 0.25) is 5.91 Å². The molecule has 0 aliphatic carbocycles. The summed E-state index contributed by atoms with van der Waals surface area (Å²) in [7, 11) is 0. The van der Waals surface area contributed by atoms with Gasteiger partial charge in [0.05, 0.1) is 12.3 Å². The number of nitrogens with zero attached hydrogens (tertiary/aromatic N) is 4. The number of aromatic nitrogens is 2. The Morgan fingerprint density at radius 3 is 2.44 bits per heavy atom. The maximum atomic E-state index is 12.6. The molecule has 0 N–H and O–H groups in total. The highest BCUT2D eigenvalue weighted by Gasteiger charge is 2.22. The summed E-state index contributed by atoms with van der Waals surface area (Å²) >= 11 is 5.88. The van der Waals surface area contributed by atoms with Gasteiger partial charge >= 0.3 is 0 Å². The van der Waals surface area contributed by atoms with E-state index in [0.717, 1.165) is 41.7 Å². The van der Waals surface area contributed by atoms with Crippen LogP contribution < -0.4 is 9.64 Å². The van der Waals surface area contributed by atoms with Crippen molar-refractivity contribution in [1.82, 2.24) is 14.9 Å². The van der Waals surface area contributed by atoms with Crippen LogP contribution in [-0.2, 0) is 4.79 Å². The number of aryl methyl sites for hydroxylation is 1. The molecular formula is C25H27ClN4O2. The van der Waals surface area contributed by atoms with E-state index in [1.165, 1.54) is 0 Å². The Labute approximate surface area is 193 Å². The molecule has 0 spiro atoms. The minimum atomic E-state index is 0.174. The normalized spacial score (nSPS) is 13.8. The number of anilines is 1. The Bertz CT molecular complexity index is 1040. The SMILES string of the molecule is Cc1nc(-c2ccccc2)cc(N2CCN(C(=O)CCCOc3ccc(Cl)cc3)CC2)n1. The average Bonchev–Trinajstić information content (AvgIpc) is 2.83. The molecule has 1 aliphatic rings. The van der Waals surface area contributed by atoms with Crippen molar-refractivity contribution in [1.29, 1.82) is 0 Å². The first kappa shape index (κ1) is 22.1. The summed E-state index contributed by atoms with van der Waals surface area (Å²) < 4.78 is 5.68. The Balaban J connectivity index is 1.26. The third kappa shape index (κ3) is 5.77. The summed E-state index contributed by atoms with van der Waals surface area (Å²) in [6.07, 6.45) is 1.17. The van der Waals surface area contributed by atoms with Gasteiger partial charge in [-0.1, -0.05) is 41.9 Å². The van der Waals surface area contributed by atoms with Gasteiger partial charge in [0.25, 0.3) is 0 Å². The first-order valence-electron chi connectivity index (χ1n) is 10.9. The maximum absolute atomic E-state index is 12.6. The van der Waals surface area contributed by atoms with Gasteiger partial charge in [-0.2, -0.15) is 0 Å². The lowest BCUT2D eigenvalue weighted by Gasteiger charge is -2.35. The Morgan fingerprint density at radius 2 is 1.72 bits per heavy atom. The Hall–Kier alpha value is -3.12. The largest absolute Gasteiger partial charge is 0.494 e. The number of piperazine rings is 1. The standard InChI is InChI=1S/C25H27ClN4O2/c1-19-27-23(20-6-3-2-4-7-20)18-24(28-19)29-13-15-30(16-14-29)25(31)8-5-17-32-22-11-9-21(26)10-12-22/h2-4,6-7,9-12,18H,5,8,13-17H2,1H3. The van der Waals surface area contributed by atoms with Crippen molar-refractivity contribution in [3.63, 3.8) is 0 Å². The van der Waals surface area contributed by atoms with E-state index in [1.54, 1.807) is 12.1 Å². The van der Waals surface area contributed by atoms with Crippen LogP contribution in [0.25, 0.3) is 11.3 Å². The number of rotatable bonds is 7. The third-order valence-electron chi connectivity index (χ3n) is 5.47. The molecule has 0 radical (unpaired) electrons. The van der Waals surface area contributed by atoms with Crippen LogP contribution in [0.2, 0.25) is 5.02 Å². The molecule has 0 unspecified atom stereocenters. The van der Waals surface area contributed by atoms with Gasteiger partial charge in [0.15, 0.2) is 0 Å². The van der Waals surface area contributed by atoms with Crippen molar-refractivity contribution < 1.29 is 9.53 Å². The minimum Gasteiger partial charge on any atom is -0.494 e. The predicted molar refractivity (Wildman–Crippen MR) is 127 cm³/mol. The van der Waals surface area contributed by atoms with Gasteiger partial charge in [-0.3, -0.25) is 4.79 Å². The molecule has 1 aromatic heterocycles.